The lowest BCUT2D eigenvalue weighted by molar-refractivity contribution is 0.0697. The van der Waals surface area contributed by atoms with Crippen molar-refractivity contribution in [1.29, 1.82) is 0 Å². The van der Waals surface area contributed by atoms with Gasteiger partial charge in [-0.15, -0.1) is 0 Å². The van der Waals surface area contributed by atoms with Gasteiger partial charge in [0, 0.05) is 31.7 Å². The van der Waals surface area contributed by atoms with Gasteiger partial charge >= 0.3 is 0 Å². The van der Waals surface area contributed by atoms with Crippen LogP contribution in [0.2, 0.25) is 0 Å². The summed E-state index contributed by atoms with van der Waals surface area (Å²) in [5.74, 6) is 0.325. The van der Waals surface area contributed by atoms with Gasteiger partial charge in [0.1, 0.15) is 28.8 Å². The lowest BCUT2D eigenvalue weighted by atomic mass is 10.1. The molecule has 2 aromatic carbocycles. The van der Waals surface area contributed by atoms with E-state index in [2.05, 4.69) is 5.16 Å². The van der Waals surface area contributed by atoms with Crippen molar-refractivity contribution in [2.24, 2.45) is 0 Å². The van der Waals surface area contributed by atoms with Crippen LogP contribution in [-0.2, 0) is 16.6 Å². The first-order chi connectivity index (χ1) is 15.8. The number of hydrogen-bond donors (Lipinski definition) is 0. The molecule has 3 aromatic rings. The maximum atomic E-state index is 14.0. The molecule has 1 saturated heterocycles. The lowest BCUT2D eigenvalue weighted by Crippen LogP contribution is -2.50. The van der Waals surface area contributed by atoms with Crippen LogP contribution in [0.25, 0.3) is 0 Å². The van der Waals surface area contributed by atoms with E-state index >= 15 is 0 Å². The molecule has 4 rings (SSSR count). The molecule has 10 heteroatoms. The van der Waals surface area contributed by atoms with Crippen molar-refractivity contribution in [3.05, 3.63) is 76.9 Å². The zero-order valence-electron chi connectivity index (χ0n) is 18.3. The quantitative estimate of drug-likeness (QED) is 0.546. The van der Waals surface area contributed by atoms with Crippen LogP contribution in [0.4, 0.5) is 4.39 Å². The van der Waals surface area contributed by atoms with E-state index < -0.39 is 15.8 Å². The van der Waals surface area contributed by atoms with Crippen LogP contribution in [0.3, 0.4) is 0 Å². The molecule has 1 aromatic heterocycles. The Morgan fingerprint density at radius 2 is 1.73 bits per heavy atom. The van der Waals surface area contributed by atoms with E-state index in [1.165, 1.54) is 22.5 Å². The second kappa shape index (κ2) is 9.32. The van der Waals surface area contributed by atoms with E-state index in [1.807, 2.05) is 13.8 Å². The van der Waals surface area contributed by atoms with Crippen molar-refractivity contribution < 1.29 is 26.9 Å². The Balaban J connectivity index is 1.35. The highest BCUT2D eigenvalue weighted by Gasteiger charge is 2.32. The number of carbonyl (C=O) groups is 1. The molecule has 0 unspecified atom stereocenters. The maximum absolute atomic E-state index is 14.0. The Bertz CT molecular complexity index is 1230. The molecule has 1 aliphatic rings. The Morgan fingerprint density at radius 3 is 2.33 bits per heavy atom. The van der Waals surface area contributed by atoms with Crippen molar-refractivity contribution in [2.75, 3.05) is 26.2 Å². The number of carbonyl (C=O) groups excluding carboxylic acids is 1. The van der Waals surface area contributed by atoms with Crippen molar-refractivity contribution in [2.45, 2.75) is 25.3 Å². The maximum Gasteiger partial charge on any atom is 0.253 e. The Morgan fingerprint density at radius 1 is 1.06 bits per heavy atom. The Labute approximate surface area is 191 Å². The molecule has 1 aliphatic heterocycles. The molecular formula is C23H24FN3O5S. The first-order valence-electron chi connectivity index (χ1n) is 10.5. The monoisotopic (exact) mass is 473 g/mol. The van der Waals surface area contributed by atoms with Crippen LogP contribution in [-0.4, -0.2) is 54.9 Å². The van der Waals surface area contributed by atoms with E-state index in [-0.39, 0.29) is 37.0 Å². The third kappa shape index (κ3) is 4.76. The van der Waals surface area contributed by atoms with Crippen LogP contribution in [0, 0.1) is 19.7 Å². The van der Waals surface area contributed by atoms with Gasteiger partial charge in [0.25, 0.3) is 5.91 Å². The number of benzene rings is 2. The standard InChI is InChI=1S/C23H24FN3O5S/c1-16-20(17(2)32-25-16)15-31-19-9-7-18(8-10-19)23(28)26-11-13-27(14-12-26)33(29,30)22-6-4-3-5-21(22)24/h3-10H,11-15H2,1-2H3. The predicted octanol–water partition coefficient (Wildman–Crippen LogP) is 3.16. The van der Waals surface area contributed by atoms with Gasteiger partial charge in [-0.1, -0.05) is 17.3 Å². The zero-order chi connectivity index (χ0) is 23.6. The third-order valence-electron chi connectivity index (χ3n) is 5.65. The fraction of sp³-hybridized carbons (Fsp3) is 0.304. The minimum atomic E-state index is -3.95. The fourth-order valence-corrected chi connectivity index (χ4v) is 5.15. The molecule has 0 N–H and O–H groups in total. The normalized spacial score (nSPS) is 14.9. The summed E-state index contributed by atoms with van der Waals surface area (Å²) in [5, 5.41) is 3.89. The van der Waals surface area contributed by atoms with E-state index in [0.717, 1.165) is 17.3 Å². The number of hydrogen-bond acceptors (Lipinski definition) is 6. The second-order valence-electron chi connectivity index (χ2n) is 7.74. The highest BCUT2D eigenvalue weighted by molar-refractivity contribution is 7.89. The molecule has 0 saturated carbocycles. The molecule has 8 nitrogen and oxygen atoms in total. The summed E-state index contributed by atoms with van der Waals surface area (Å²) in [7, 11) is -3.95. The average Bonchev–Trinajstić information content (AvgIpc) is 3.15. The van der Waals surface area contributed by atoms with E-state index in [4.69, 9.17) is 9.26 Å². The Hall–Kier alpha value is -3.24. The van der Waals surface area contributed by atoms with Gasteiger partial charge in [0.15, 0.2) is 0 Å². The number of amides is 1. The van der Waals surface area contributed by atoms with Crippen LogP contribution in [0.5, 0.6) is 5.75 Å². The van der Waals surface area contributed by atoms with Gasteiger partial charge in [-0.3, -0.25) is 4.79 Å². The van der Waals surface area contributed by atoms with Gasteiger partial charge in [-0.2, -0.15) is 4.31 Å². The molecule has 0 radical (unpaired) electrons. The fourth-order valence-electron chi connectivity index (χ4n) is 3.66. The van der Waals surface area contributed by atoms with Gasteiger partial charge in [-0.05, 0) is 50.2 Å². The summed E-state index contributed by atoms with van der Waals surface area (Å²) in [4.78, 5) is 14.1. The van der Waals surface area contributed by atoms with Crippen LogP contribution < -0.4 is 4.74 Å². The number of nitrogens with zero attached hydrogens (tertiary/aromatic N) is 3. The zero-order valence-corrected chi connectivity index (χ0v) is 19.1. The SMILES string of the molecule is Cc1noc(C)c1COc1ccc(C(=O)N2CCN(S(=O)(=O)c3ccccc3F)CC2)cc1. The molecule has 0 bridgehead atoms. The molecule has 0 spiro atoms. The minimum absolute atomic E-state index is 0.0983. The van der Waals surface area contributed by atoms with Gasteiger partial charge in [0.05, 0.1) is 11.3 Å². The summed E-state index contributed by atoms with van der Waals surface area (Å²) < 4.78 is 51.6. The highest BCUT2D eigenvalue weighted by Crippen LogP contribution is 2.22. The Kier molecular flexibility index (Phi) is 6.48. The first kappa shape index (κ1) is 22.9. The van der Waals surface area contributed by atoms with Crippen molar-refractivity contribution in [1.82, 2.24) is 14.4 Å². The molecule has 1 amide bonds. The van der Waals surface area contributed by atoms with Crippen LogP contribution in [0.15, 0.2) is 57.9 Å². The molecule has 0 aliphatic carbocycles. The van der Waals surface area contributed by atoms with Crippen LogP contribution >= 0.6 is 0 Å². The number of ether oxygens (including phenoxy) is 1. The van der Waals surface area contributed by atoms with E-state index in [0.29, 0.717) is 23.7 Å². The van der Waals surface area contributed by atoms with Crippen molar-refractivity contribution in [3.8, 4) is 5.75 Å². The predicted molar refractivity (Wildman–Crippen MR) is 118 cm³/mol. The molecule has 2 heterocycles. The molecule has 174 valence electrons. The summed E-state index contributed by atoms with van der Waals surface area (Å²) in [6.45, 7) is 4.61. The average molecular weight is 474 g/mol. The van der Waals surface area contributed by atoms with E-state index in [9.17, 15) is 17.6 Å². The van der Waals surface area contributed by atoms with Crippen molar-refractivity contribution >= 4 is 15.9 Å². The summed E-state index contributed by atoms with van der Waals surface area (Å²) >= 11 is 0. The number of sulfonamides is 1. The lowest BCUT2D eigenvalue weighted by Gasteiger charge is -2.34. The summed E-state index contributed by atoms with van der Waals surface area (Å²) in [6.07, 6.45) is 0. The number of aryl methyl sites for hydroxylation is 2. The number of aromatic nitrogens is 1. The topological polar surface area (TPSA) is 93.0 Å². The minimum Gasteiger partial charge on any atom is -0.489 e. The van der Waals surface area contributed by atoms with E-state index in [1.54, 1.807) is 29.2 Å². The van der Waals surface area contributed by atoms with Gasteiger partial charge in [0.2, 0.25) is 10.0 Å². The smallest absolute Gasteiger partial charge is 0.253 e. The second-order valence-corrected chi connectivity index (χ2v) is 9.65. The number of piperazine rings is 1. The summed E-state index contributed by atoms with van der Waals surface area (Å²) in [5.41, 5.74) is 2.14. The molecular weight excluding hydrogens is 449 g/mol. The van der Waals surface area contributed by atoms with Crippen molar-refractivity contribution in [3.63, 3.8) is 0 Å². The molecule has 33 heavy (non-hydrogen) atoms. The number of rotatable bonds is 6. The van der Waals surface area contributed by atoms with Gasteiger partial charge < -0.3 is 14.2 Å². The highest BCUT2D eigenvalue weighted by atomic mass is 32.2. The number of halogens is 1. The third-order valence-corrected chi connectivity index (χ3v) is 7.58. The van der Waals surface area contributed by atoms with Gasteiger partial charge in [-0.25, -0.2) is 12.8 Å². The van der Waals surface area contributed by atoms with Crippen LogP contribution in [0.1, 0.15) is 27.4 Å². The largest absolute Gasteiger partial charge is 0.489 e. The first-order valence-corrected chi connectivity index (χ1v) is 11.9. The molecule has 1 fully saturated rings. The molecule has 0 atom stereocenters. The summed E-state index contributed by atoms with van der Waals surface area (Å²) in [6, 6.07) is 12.1.